The first-order valence-electron chi connectivity index (χ1n) is 27.9. The fourth-order valence-electron chi connectivity index (χ4n) is 13.6. The summed E-state index contributed by atoms with van der Waals surface area (Å²) in [5.74, 6) is -5.91. The lowest BCUT2D eigenvalue weighted by molar-refractivity contribution is -0.105. The van der Waals surface area contributed by atoms with E-state index in [1.165, 1.54) is 73.6 Å². The van der Waals surface area contributed by atoms with Gasteiger partial charge in [-0.2, -0.15) is 0 Å². The van der Waals surface area contributed by atoms with Crippen molar-refractivity contribution in [2.45, 2.75) is 198 Å². The van der Waals surface area contributed by atoms with Gasteiger partial charge in [0.2, 0.25) is 0 Å². The highest BCUT2D eigenvalue weighted by Crippen LogP contribution is 2.63. The molecule has 6 aromatic rings. The number of anilines is 6. The van der Waals surface area contributed by atoms with Crippen LogP contribution in [0.3, 0.4) is 0 Å². The average molecular weight is 1150 g/mol. The van der Waals surface area contributed by atoms with E-state index in [9.17, 15) is 0 Å². The summed E-state index contributed by atoms with van der Waals surface area (Å²) in [5.41, 5.74) is 7.60. The number of alkyl halides is 4. The van der Waals surface area contributed by atoms with E-state index in [1.54, 1.807) is 55.4 Å². The maximum atomic E-state index is 16.4. The number of unbranched alkanes of at least 4 members (excludes halogenated alkanes) is 10. The van der Waals surface area contributed by atoms with Crippen LogP contribution in [-0.2, 0) is 27.1 Å². The zero-order chi connectivity index (χ0) is 53.9. The lowest BCUT2D eigenvalue weighted by atomic mass is 9.70. The first-order valence-corrected chi connectivity index (χ1v) is 29.5. The number of hydrogen-bond acceptors (Lipinski definition) is 2. The summed E-state index contributed by atoms with van der Waals surface area (Å²) in [6.45, 7) is 18.0. The number of rotatable bonds is 20. The monoisotopic (exact) mass is 1140 g/mol. The van der Waals surface area contributed by atoms with Crippen LogP contribution < -0.4 is 9.80 Å². The Labute approximate surface area is 463 Å². The van der Waals surface area contributed by atoms with Crippen molar-refractivity contribution >= 4 is 66.0 Å². The maximum absolute atomic E-state index is 16.4. The van der Waals surface area contributed by atoms with Gasteiger partial charge in [-0.1, -0.05) is 147 Å². The second kappa shape index (κ2) is 20.8. The van der Waals surface area contributed by atoms with Crippen LogP contribution in [0.15, 0.2) is 130 Å². The summed E-state index contributed by atoms with van der Waals surface area (Å²) in [6, 6.07) is 42.5. The smallest absolute Gasteiger partial charge is 0.266 e. The van der Waals surface area contributed by atoms with Crippen molar-refractivity contribution in [3.05, 3.63) is 164 Å². The topological polar surface area (TPSA) is 6.48 Å². The Morgan fingerprint density at radius 2 is 0.613 bits per heavy atom. The molecule has 0 atom stereocenters. The van der Waals surface area contributed by atoms with Crippen molar-refractivity contribution in [3.8, 4) is 11.1 Å². The fraction of sp³-hybridized carbons (Fsp3) is 0.463. The van der Waals surface area contributed by atoms with E-state index in [0.717, 1.165) is 81.6 Å². The molecule has 2 nitrogen and oxygen atoms in total. The standard InChI is InChI=1S/C67H78Br2F4N2/c1-11-13-15-17-19-21-39-65(40-22-20-18-16-14-12-2)57-41-49(74(47-27-23-45(68)24-28-47)51-33-37-55-59(43-51)63(7,8)66(70,71)61(55,3)4)31-35-53(57)54-36-32-50(42-58(54)65)75(48-29-25-46(69)26-30-48)52-34-38-56-60(44-52)64(9,10)67(72,73)62(56,5)6/h23-38,41-44H,11-22,39-40H2,1-10H3. The Morgan fingerprint density at radius 3 is 0.960 bits per heavy atom. The Hall–Kier alpha value is -4.40. The SMILES string of the molecule is CCCCCCCCC1(CCCCCCCC)c2cc(N(c3ccc(Br)cc3)c3ccc4c(c3)C(C)(C)C(F)(F)C4(C)C)ccc2-c2ccc(N(c3ccc(Br)cc3)c3ccc4c(c3)C(C)(C)C(F)(F)C4(C)C)cc21. The maximum Gasteiger partial charge on any atom is 0.266 e. The van der Waals surface area contributed by atoms with Gasteiger partial charge in [-0.05, 0) is 210 Å². The number of fused-ring (bicyclic) bond motifs is 5. The largest absolute Gasteiger partial charge is 0.310 e. The molecule has 0 aromatic heterocycles. The molecule has 6 aromatic carbocycles. The van der Waals surface area contributed by atoms with Crippen molar-refractivity contribution in [1.29, 1.82) is 0 Å². The highest BCUT2D eigenvalue weighted by Gasteiger charge is 2.66. The first-order chi connectivity index (χ1) is 35.5. The van der Waals surface area contributed by atoms with Crippen LogP contribution in [0.1, 0.15) is 193 Å². The van der Waals surface area contributed by atoms with Crippen LogP contribution in [0.4, 0.5) is 51.7 Å². The van der Waals surface area contributed by atoms with Crippen LogP contribution in [0, 0.1) is 0 Å². The van der Waals surface area contributed by atoms with Gasteiger partial charge in [-0.15, -0.1) is 0 Å². The number of nitrogens with zero attached hydrogens (tertiary/aromatic N) is 2. The molecule has 75 heavy (non-hydrogen) atoms. The Balaban J connectivity index is 1.24. The molecule has 0 saturated carbocycles. The third-order valence-corrected chi connectivity index (χ3v) is 19.3. The van der Waals surface area contributed by atoms with Gasteiger partial charge in [-0.3, -0.25) is 0 Å². The minimum atomic E-state index is -2.95. The Bertz CT molecular complexity index is 2820. The first kappa shape index (κ1) is 55.4. The molecule has 8 heteroatoms. The van der Waals surface area contributed by atoms with E-state index in [0.29, 0.717) is 22.3 Å². The van der Waals surface area contributed by atoms with Crippen LogP contribution in [0.2, 0.25) is 0 Å². The molecule has 0 spiro atoms. The zero-order valence-electron chi connectivity index (χ0n) is 46.1. The molecule has 0 aliphatic heterocycles. The van der Waals surface area contributed by atoms with Gasteiger partial charge in [0, 0.05) is 48.5 Å². The van der Waals surface area contributed by atoms with Crippen LogP contribution in [0.25, 0.3) is 11.1 Å². The molecule has 3 aliphatic rings. The molecular formula is C67H78Br2F4N2. The van der Waals surface area contributed by atoms with Gasteiger partial charge < -0.3 is 9.80 Å². The van der Waals surface area contributed by atoms with Gasteiger partial charge in [0.1, 0.15) is 0 Å². The minimum absolute atomic E-state index is 0.346. The molecule has 398 valence electrons. The van der Waals surface area contributed by atoms with E-state index in [2.05, 4.69) is 140 Å². The molecule has 0 radical (unpaired) electrons. The van der Waals surface area contributed by atoms with Crippen molar-refractivity contribution < 1.29 is 17.6 Å². The highest BCUT2D eigenvalue weighted by atomic mass is 79.9. The minimum Gasteiger partial charge on any atom is -0.310 e. The van der Waals surface area contributed by atoms with E-state index < -0.39 is 33.5 Å². The molecule has 0 N–H and O–H groups in total. The Kier molecular flexibility index (Phi) is 15.3. The van der Waals surface area contributed by atoms with E-state index in [4.69, 9.17) is 0 Å². The highest BCUT2D eigenvalue weighted by molar-refractivity contribution is 9.10. The quantitative estimate of drug-likeness (QED) is 0.0555. The third-order valence-electron chi connectivity index (χ3n) is 18.3. The van der Waals surface area contributed by atoms with E-state index >= 15 is 17.6 Å². The van der Waals surface area contributed by atoms with Gasteiger partial charge in [-0.25, -0.2) is 17.6 Å². The third kappa shape index (κ3) is 9.23. The summed E-state index contributed by atoms with van der Waals surface area (Å²) >= 11 is 7.37. The molecule has 0 bridgehead atoms. The number of hydrogen-bond donors (Lipinski definition) is 0. The fourth-order valence-corrected chi connectivity index (χ4v) is 14.1. The second-order valence-electron chi connectivity index (χ2n) is 24.3. The van der Waals surface area contributed by atoms with Crippen LogP contribution in [-0.4, -0.2) is 11.8 Å². The summed E-state index contributed by atoms with van der Waals surface area (Å²) < 4.78 is 67.7. The van der Waals surface area contributed by atoms with Crippen molar-refractivity contribution in [1.82, 2.24) is 0 Å². The molecular weight excluding hydrogens is 1070 g/mol. The summed E-state index contributed by atoms with van der Waals surface area (Å²) in [5, 5.41) is 0. The average Bonchev–Trinajstić information content (AvgIpc) is 3.75. The van der Waals surface area contributed by atoms with Crippen LogP contribution in [0.5, 0.6) is 0 Å². The molecule has 0 saturated heterocycles. The lowest BCUT2D eigenvalue weighted by Gasteiger charge is -2.36. The molecule has 9 rings (SSSR count). The van der Waals surface area contributed by atoms with Gasteiger partial charge >= 0.3 is 0 Å². The summed E-state index contributed by atoms with van der Waals surface area (Å²) in [4.78, 5) is 4.52. The van der Waals surface area contributed by atoms with Crippen molar-refractivity contribution in [3.63, 3.8) is 0 Å². The van der Waals surface area contributed by atoms with Crippen molar-refractivity contribution in [2.24, 2.45) is 0 Å². The molecule has 0 fully saturated rings. The van der Waals surface area contributed by atoms with Crippen LogP contribution >= 0.6 is 31.9 Å². The number of halogens is 6. The molecule has 3 aliphatic carbocycles. The van der Waals surface area contributed by atoms with Gasteiger partial charge in [0.25, 0.3) is 11.8 Å². The zero-order valence-corrected chi connectivity index (χ0v) is 49.3. The predicted octanol–water partition coefficient (Wildman–Crippen LogP) is 22.3. The summed E-state index contributed by atoms with van der Waals surface area (Å²) in [6.07, 6.45) is 16.1. The molecule has 0 amide bonds. The van der Waals surface area contributed by atoms with E-state index in [-0.39, 0.29) is 5.41 Å². The lowest BCUT2D eigenvalue weighted by Crippen LogP contribution is -2.46. The Morgan fingerprint density at radius 1 is 0.333 bits per heavy atom. The summed E-state index contributed by atoms with van der Waals surface area (Å²) in [7, 11) is 0. The van der Waals surface area contributed by atoms with Gasteiger partial charge in [0.15, 0.2) is 0 Å². The molecule has 0 heterocycles. The van der Waals surface area contributed by atoms with Crippen molar-refractivity contribution in [2.75, 3.05) is 9.80 Å². The normalized spacial score (nSPS) is 18.3. The molecule has 0 unspecified atom stereocenters. The number of benzene rings is 6. The van der Waals surface area contributed by atoms with E-state index in [1.807, 2.05) is 36.4 Å². The van der Waals surface area contributed by atoms with Gasteiger partial charge in [0.05, 0.1) is 21.7 Å². The predicted molar refractivity (Wildman–Crippen MR) is 315 cm³/mol. The second-order valence-corrected chi connectivity index (χ2v) is 26.1.